The molecule has 1 aromatic carbocycles. The van der Waals surface area contributed by atoms with E-state index in [1.807, 2.05) is 0 Å². The number of ketones is 1. The summed E-state index contributed by atoms with van der Waals surface area (Å²) in [7, 11) is 0. The van der Waals surface area contributed by atoms with Crippen LogP contribution in [0.25, 0.3) is 0 Å². The normalized spacial score (nSPS) is 35.9. The lowest BCUT2D eigenvalue weighted by atomic mass is 9.55. The first-order valence-corrected chi connectivity index (χ1v) is 10.4. The van der Waals surface area contributed by atoms with Gasteiger partial charge in [-0.3, -0.25) is 4.79 Å². The zero-order valence-corrected chi connectivity index (χ0v) is 17.4. The monoisotopic (exact) mass is 414 g/mol. The quantitative estimate of drug-likeness (QED) is 0.218. The van der Waals surface area contributed by atoms with Crippen molar-refractivity contribution in [3.8, 4) is 11.5 Å². The number of hydrogen-bond acceptors (Lipinski definition) is 7. The molecule has 4 unspecified atom stereocenters. The summed E-state index contributed by atoms with van der Waals surface area (Å²) < 4.78 is -0.857. The first-order chi connectivity index (χ1) is 11.6. The lowest BCUT2D eigenvalue weighted by Crippen LogP contribution is -2.43. The molecule has 4 rings (SSSR count). The highest BCUT2D eigenvalue weighted by Gasteiger charge is 2.62. The first-order valence-electron chi connectivity index (χ1n) is 8.58. The van der Waals surface area contributed by atoms with Gasteiger partial charge in [0.1, 0.15) is 4.08 Å². The molecule has 2 saturated carbocycles. The van der Waals surface area contributed by atoms with Crippen molar-refractivity contribution in [2.75, 3.05) is 0 Å². The number of phenolic OH excluding ortho intramolecular Hbond substituents is 2. The summed E-state index contributed by atoms with van der Waals surface area (Å²) in [6.45, 7) is 2.07. The van der Waals surface area contributed by atoms with Gasteiger partial charge < -0.3 is 10.2 Å². The van der Waals surface area contributed by atoms with Crippen molar-refractivity contribution in [2.45, 2.75) is 58.8 Å². The molecule has 0 saturated heterocycles. The molecule has 4 atom stereocenters. The number of rotatable bonds is 0. The van der Waals surface area contributed by atoms with Crippen molar-refractivity contribution in [3.63, 3.8) is 0 Å². The predicted octanol–water partition coefficient (Wildman–Crippen LogP) is 4.27. The van der Waals surface area contributed by atoms with Crippen LogP contribution < -0.4 is 0 Å². The van der Waals surface area contributed by atoms with E-state index >= 15 is 0 Å². The number of thiol groups is 4. The van der Waals surface area contributed by atoms with Gasteiger partial charge in [-0.15, -0.1) is 25.3 Å². The molecule has 136 valence electrons. The van der Waals surface area contributed by atoms with Gasteiger partial charge in [-0.05, 0) is 61.0 Å². The standard InChI is InChI=1S/C18H22O3S4/c1-17-5-4-8-7(10(17)6-18(24,25)16(17)21)2-3-9-11(8)15(23)13(20)12(19)14(9)22/h7-8,10,19-20,22-25H,2-6H2,1H3. The van der Waals surface area contributed by atoms with E-state index in [0.717, 1.165) is 36.8 Å². The zero-order valence-electron chi connectivity index (χ0n) is 13.9. The fourth-order valence-corrected chi connectivity index (χ4v) is 7.26. The fourth-order valence-electron chi connectivity index (χ4n) is 5.61. The van der Waals surface area contributed by atoms with Crippen molar-refractivity contribution in [1.29, 1.82) is 0 Å². The highest BCUT2D eigenvalue weighted by Crippen LogP contribution is 2.65. The van der Waals surface area contributed by atoms with Crippen molar-refractivity contribution < 1.29 is 15.0 Å². The summed E-state index contributed by atoms with van der Waals surface area (Å²) in [6, 6.07) is 0. The van der Waals surface area contributed by atoms with Gasteiger partial charge in [0.05, 0.1) is 9.79 Å². The van der Waals surface area contributed by atoms with E-state index in [0.29, 0.717) is 22.1 Å². The Morgan fingerprint density at radius 2 is 1.72 bits per heavy atom. The smallest absolute Gasteiger partial charge is 0.172 e. The fraction of sp³-hybridized carbons (Fsp3) is 0.611. The summed E-state index contributed by atoms with van der Waals surface area (Å²) >= 11 is 18.0. The maximum atomic E-state index is 12.9. The minimum atomic E-state index is -0.857. The topological polar surface area (TPSA) is 57.5 Å². The van der Waals surface area contributed by atoms with E-state index < -0.39 is 4.08 Å². The third-order valence-electron chi connectivity index (χ3n) is 6.85. The molecule has 7 heteroatoms. The highest BCUT2D eigenvalue weighted by atomic mass is 32.2. The molecule has 0 spiro atoms. The molecule has 2 N–H and O–H groups in total. The molecule has 1 aromatic rings. The van der Waals surface area contributed by atoms with Crippen LogP contribution in [0.5, 0.6) is 11.5 Å². The third kappa shape index (κ3) is 2.34. The molecular weight excluding hydrogens is 392 g/mol. The van der Waals surface area contributed by atoms with E-state index in [2.05, 4.69) is 57.4 Å². The number of Topliss-reactive ketones (excluding diaryl/α,β-unsaturated/α-hetero) is 1. The molecule has 0 radical (unpaired) electrons. The summed E-state index contributed by atoms with van der Waals surface area (Å²) in [5.41, 5.74) is 1.62. The van der Waals surface area contributed by atoms with Crippen molar-refractivity contribution in [1.82, 2.24) is 0 Å². The highest BCUT2D eigenvalue weighted by molar-refractivity contribution is 8.02. The van der Waals surface area contributed by atoms with Crippen LogP contribution in [0.1, 0.15) is 49.7 Å². The van der Waals surface area contributed by atoms with Gasteiger partial charge in [0.2, 0.25) is 0 Å². The van der Waals surface area contributed by atoms with Crippen LogP contribution in [0.4, 0.5) is 0 Å². The maximum Gasteiger partial charge on any atom is 0.172 e. The van der Waals surface area contributed by atoms with Gasteiger partial charge in [0.15, 0.2) is 17.3 Å². The molecule has 0 heterocycles. The predicted molar refractivity (Wildman–Crippen MR) is 110 cm³/mol. The molecular formula is C18H22O3S4. The Balaban J connectivity index is 1.82. The minimum Gasteiger partial charge on any atom is -0.503 e. The second kappa shape index (κ2) is 5.69. The van der Waals surface area contributed by atoms with E-state index in [9.17, 15) is 15.0 Å². The van der Waals surface area contributed by atoms with Gasteiger partial charge in [-0.1, -0.05) is 6.92 Å². The van der Waals surface area contributed by atoms with Crippen LogP contribution in [0.2, 0.25) is 0 Å². The Kier molecular flexibility index (Phi) is 4.16. The Morgan fingerprint density at radius 3 is 2.40 bits per heavy atom. The van der Waals surface area contributed by atoms with E-state index in [1.165, 1.54) is 0 Å². The van der Waals surface area contributed by atoms with Gasteiger partial charge in [-0.2, -0.15) is 25.3 Å². The zero-order chi connectivity index (χ0) is 18.3. The lowest BCUT2D eigenvalue weighted by Gasteiger charge is -2.48. The van der Waals surface area contributed by atoms with Crippen LogP contribution in [0, 0.1) is 17.3 Å². The molecule has 3 aliphatic carbocycles. The van der Waals surface area contributed by atoms with Gasteiger partial charge in [0, 0.05) is 5.41 Å². The number of hydrogen-bond donors (Lipinski definition) is 6. The molecule has 2 fully saturated rings. The molecule has 0 aliphatic heterocycles. The SMILES string of the molecule is CC12CCC3c4c(S)c(O)c(O)c(S)c4CCC3C1CC(S)(S)C2=O. The molecule has 3 nitrogen and oxygen atoms in total. The second-order valence-corrected chi connectivity index (χ2v) is 10.8. The van der Waals surface area contributed by atoms with Gasteiger partial charge >= 0.3 is 0 Å². The molecule has 0 aromatic heterocycles. The lowest BCUT2D eigenvalue weighted by molar-refractivity contribution is -0.129. The van der Waals surface area contributed by atoms with Crippen LogP contribution in [-0.4, -0.2) is 20.1 Å². The second-order valence-electron chi connectivity index (χ2n) is 8.01. The van der Waals surface area contributed by atoms with Crippen LogP contribution >= 0.6 is 50.5 Å². The van der Waals surface area contributed by atoms with Crippen molar-refractivity contribution in [2.24, 2.45) is 17.3 Å². The molecule has 3 aliphatic rings. The average molecular weight is 415 g/mol. The maximum absolute atomic E-state index is 12.9. The van der Waals surface area contributed by atoms with Crippen LogP contribution in [0.15, 0.2) is 9.79 Å². The minimum absolute atomic E-state index is 0.149. The van der Waals surface area contributed by atoms with Gasteiger partial charge in [-0.25, -0.2) is 0 Å². The Bertz CT molecular complexity index is 791. The Hall–Kier alpha value is -0.110. The molecule has 25 heavy (non-hydrogen) atoms. The van der Waals surface area contributed by atoms with E-state index in [4.69, 9.17) is 0 Å². The number of aromatic hydroxyl groups is 2. The number of carbonyl (C=O) groups excluding carboxylic acids is 1. The summed E-state index contributed by atoms with van der Waals surface area (Å²) in [5, 5.41) is 20.3. The number of carbonyl (C=O) groups is 1. The van der Waals surface area contributed by atoms with E-state index in [1.54, 1.807) is 0 Å². The van der Waals surface area contributed by atoms with Crippen LogP contribution in [-0.2, 0) is 11.2 Å². The Morgan fingerprint density at radius 1 is 1.08 bits per heavy atom. The largest absolute Gasteiger partial charge is 0.503 e. The van der Waals surface area contributed by atoms with Crippen molar-refractivity contribution >= 4 is 56.3 Å². The first kappa shape index (κ1) is 18.3. The van der Waals surface area contributed by atoms with Crippen LogP contribution in [0.3, 0.4) is 0 Å². The molecule has 0 bridgehead atoms. The average Bonchev–Trinajstić information content (AvgIpc) is 2.77. The Labute approximate surface area is 169 Å². The third-order valence-corrected chi connectivity index (χ3v) is 8.56. The van der Waals surface area contributed by atoms with E-state index in [-0.39, 0.29) is 34.5 Å². The van der Waals surface area contributed by atoms with Crippen molar-refractivity contribution in [3.05, 3.63) is 11.1 Å². The van der Waals surface area contributed by atoms with Gasteiger partial charge in [0.25, 0.3) is 0 Å². The summed E-state index contributed by atoms with van der Waals surface area (Å²) in [6.07, 6.45) is 4.03. The number of phenols is 2. The number of benzene rings is 1. The number of fused-ring (bicyclic) bond motifs is 5. The summed E-state index contributed by atoms with van der Waals surface area (Å²) in [4.78, 5) is 13.8. The summed E-state index contributed by atoms with van der Waals surface area (Å²) in [5.74, 6) is 0.548. The molecule has 0 amide bonds.